The maximum Gasteiger partial charge on any atom is 0.451 e. The van der Waals surface area contributed by atoms with Crippen LogP contribution in [0.4, 0.5) is 32.2 Å². The average Bonchev–Trinajstić information content (AvgIpc) is 2.81. The van der Waals surface area contributed by atoms with Crippen LogP contribution >= 0.6 is 23.2 Å². The van der Waals surface area contributed by atoms with E-state index in [1.54, 1.807) is 0 Å². The summed E-state index contributed by atoms with van der Waals surface area (Å²) < 4.78 is 78.9. The SMILES string of the molecule is Nc1c2c(C(F)(F)F)nc(C(F)(F)F)nc2nn1-c1ccc(Cl)cc1Cl. The van der Waals surface area contributed by atoms with Gasteiger partial charge in [-0.2, -0.15) is 26.3 Å². The first-order chi connectivity index (χ1) is 11.9. The van der Waals surface area contributed by atoms with Gasteiger partial charge in [-0.25, -0.2) is 14.6 Å². The smallest absolute Gasteiger partial charge is 0.383 e. The maximum absolute atomic E-state index is 13.2. The van der Waals surface area contributed by atoms with Crippen LogP contribution in [0.25, 0.3) is 16.7 Å². The number of nitrogen functional groups attached to an aromatic ring is 1. The van der Waals surface area contributed by atoms with Crippen molar-refractivity contribution in [1.29, 1.82) is 0 Å². The summed E-state index contributed by atoms with van der Waals surface area (Å²) in [7, 11) is 0. The number of alkyl halides is 6. The summed E-state index contributed by atoms with van der Waals surface area (Å²) in [5, 5.41) is 2.96. The Kier molecular flexibility index (Phi) is 4.19. The minimum absolute atomic E-state index is 0.00764. The van der Waals surface area contributed by atoms with Gasteiger partial charge in [-0.1, -0.05) is 23.2 Å². The average molecular weight is 416 g/mol. The van der Waals surface area contributed by atoms with E-state index in [2.05, 4.69) is 15.1 Å². The third-order valence-corrected chi connectivity index (χ3v) is 3.77. The van der Waals surface area contributed by atoms with Crippen LogP contribution in [0.15, 0.2) is 18.2 Å². The summed E-state index contributed by atoms with van der Waals surface area (Å²) in [4.78, 5) is 5.66. The minimum Gasteiger partial charge on any atom is -0.383 e. The molecule has 0 fully saturated rings. The van der Waals surface area contributed by atoms with Crippen molar-refractivity contribution in [2.45, 2.75) is 12.4 Å². The van der Waals surface area contributed by atoms with Gasteiger partial charge < -0.3 is 5.73 Å². The topological polar surface area (TPSA) is 69.6 Å². The first kappa shape index (κ1) is 18.5. The molecule has 138 valence electrons. The number of hydrogen-bond donors (Lipinski definition) is 1. The van der Waals surface area contributed by atoms with Gasteiger partial charge in [0.1, 0.15) is 5.82 Å². The highest BCUT2D eigenvalue weighted by molar-refractivity contribution is 6.35. The molecule has 0 atom stereocenters. The van der Waals surface area contributed by atoms with Gasteiger partial charge in [0, 0.05) is 5.02 Å². The van der Waals surface area contributed by atoms with Crippen LogP contribution in [-0.2, 0) is 12.4 Å². The van der Waals surface area contributed by atoms with E-state index < -0.39 is 40.7 Å². The number of halogens is 8. The molecule has 2 N–H and O–H groups in total. The molecule has 13 heteroatoms. The molecular formula is C13H5Cl2F6N5. The third-order valence-electron chi connectivity index (χ3n) is 3.23. The van der Waals surface area contributed by atoms with Gasteiger partial charge >= 0.3 is 12.4 Å². The lowest BCUT2D eigenvalue weighted by atomic mass is 10.2. The molecule has 1 aromatic carbocycles. The van der Waals surface area contributed by atoms with Crippen LogP contribution < -0.4 is 5.73 Å². The van der Waals surface area contributed by atoms with E-state index >= 15 is 0 Å². The quantitative estimate of drug-likeness (QED) is 0.582. The summed E-state index contributed by atoms with van der Waals surface area (Å²) in [5.41, 5.74) is 2.97. The fourth-order valence-electron chi connectivity index (χ4n) is 2.18. The molecule has 0 saturated carbocycles. The molecule has 0 spiro atoms. The van der Waals surface area contributed by atoms with Crippen molar-refractivity contribution in [3.8, 4) is 5.69 Å². The Morgan fingerprint density at radius 3 is 2.15 bits per heavy atom. The molecule has 0 aliphatic carbocycles. The molecule has 2 heterocycles. The van der Waals surface area contributed by atoms with Gasteiger partial charge in [0.2, 0.25) is 5.82 Å². The van der Waals surface area contributed by atoms with Crippen LogP contribution in [0.2, 0.25) is 10.0 Å². The zero-order valence-electron chi connectivity index (χ0n) is 12.1. The highest BCUT2D eigenvalue weighted by atomic mass is 35.5. The Morgan fingerprint density at radius 1 is 0.962 bits per heavy atom. The van der Waals surface area contributed by atoms with E-state index in [1.165, 1.54) is 18.2 Å². The monoisotopic (exact) mass is 415 g/mol. The van der Waals surface area contributed by atoms with Crippen molar-refractivity contribution in [2.24, 2.45) is 0 Å². The number of aromatic nitrogens is 4. The first-order valence-electron chi connectivity index (χ1n) is 6.55. The van der Waals surface area contributed by atoms with Crippen LogP contribution in [-0.4, -0.2) is 19.7 Å². The second kappa shape index (κ2) is 5.88. The normalized spacial score (nSPS) is 12.8. The zero-order valence-corrected chi connectivity index (χ0v) is 13.6. The van der Waals surface area contributed by atoms with Crippen molar-refractivity contribution in [3.63, 3.8) is 0 Å². The number of rotatable bonds is 1. The third kappa shape index (κ3) is 3.12. The molecule has 0 aliphatic rings. The van der Waals surface area contributed by atoms with Crippen molar-refractivity contribution < 1.29 is 26.3 Å². The van der Waals surface area contributed by atoms with Gasteiger partial charge in [-0.3, -0.25) is 0 Å². The summed E-state index contributed by atoms with van der Waals surface area (Å²) in [6.07, 6.45) is -10.4. The molecule has 0 bridgehead atoms. The number of fused-ring (bicyclic) bond motifs is 1. The molecular weight excluding hydrogens is 411 g/mol. The molecule has 3 aromatic rings. The van der Waals surface area contributed by atoms with E-state index in [9.17, 15) is 26.3 Å². The second-order valence-electron chi connectivity index (χ2n) is 4.98. The summed E-state index contributed by atoms with van der Waals surface area (Å²) in [6.45, 7) is 0. The van der Waals surface area contributed by atoms with E-state index in [0.717, 1.165) is 4.68 Å². The van der Waals surface area contributed by atoms with E-state index in [0.29, 0.717) is 0 Å². The lowest BCUT2D eigenvalue weighted by Gasteiger charge is -2.10. The Balaban J connectivity index is 2.38. The molecule has 0 saturated heterocycles. The molecule has 0 amide bonds. The Hall–Kier alpha value is -2.27. The molecule has 2 aromatic heterocycles. The number of anilines is 1. The highest BCUT2D eigenvalue weighted by Crippen LogP contribution is 2.39. The number of nitrogens with zero attached hydrogens (tertiary/aromatic N) is 4. The summed E-state index contributed by atoms with van der Waals surface area (Å²) in [6, 6.07) is 3.91. The number of hydrogen-bond acceptors (Lipinski definition) is 4. The Morgan fingerprint density at radius 2 is 1.62 bits per heavy atom. The molecule has 26 heavy (non-hydrogen) atoms. The van der Waals surface area contributed by atoms with Gasteiger partial charge in [-0.05, 0) is 18.2 Å². The molecule has 3 rings (SSSR count). The maximum atomic E-state index is 13.2. The van der Waals surface area contributed by atoms with Crippen LogP contribution in [0.3, 0.4) is 0 Å². The summed E-state index contributed by atoms with van der Waals surface area (Å²) in [5.74, 6) is -2.60. The van der Waals surface area contributed by atoms with Gasteiger partial charge in [0.25, 0.3) is 0 Å². The highest BCUT2D eigenvalue weighted by Gasteiger charge is 2.43. The van der Waals surface area contributed by atoms with Crippen LogP contribution in [0, 0.1) is 0 Å². The minimum atomic E-state index is -5.22. The molecule has 0 unspecified atom stereocenters. The predicted molar refractivity (Wildman–Crippen MR) is 81.1 cm³/mol. The standard InChI is InChI=1S/C13H5Cl2F6N5/c14-4-1-2-6(5(15)3-4)26-9(22)7-8(12(16,17)18)23-11(13(19,20)21)24-10(7)25-26/h1-3H,22H2. The van der Waals surface area contributed by atoms with E-state index in [1.807, 2.05) is 0 Å². The van der Waals surface area contributed by atoms with Crippen molar-refractivity contribution in [3.05, 3.63) is 39.8 Å². The largest absolute Gasteiger partial charge is 0.451 e. The van der Waals surface area contributed by atoms with Crippen LogP contribution in [0.5, 0.6) is 0 Å². The molecule has 0 radical (unpaired) electrons. The molecule has 5 nitrogen and oxygen atoms in total. The van der Waals surface area contributed by atoms with Gasteiger partial charge in [0.15, 0.2) is 11.3 Å². The van der Waals surface area contributed by atoms with Crippen molar-refractivity contribution >= 4 is 40.1 Å². The number of benzene rings is 1. The fraction of sp³-hybridized carbons (Fsp3) is 0.154. The predicted octanol–water partition coefficient (Wildman–Crippen LogP) is 4.74. The Labute approximate surface area is 150 Å². The van der Waals surface area contributed by atoms with Crippen molar-refractivity contribution in [1.82, 2.24) is 19.7 Å². The zero-order chi connectivity index (χ0) is 19.4. The number of nitrogens with two attached hydrogens (primary N) is 1. The lowest BCUT2D eigenvalue weighted by Crippen LogP contribution is -2.17. The summed E-state index contributed by atoms with van der Waals surface area (Å²) >= 11 is 11.7. The first-order valence-corrected chi connectivity index (χ1v) is 7.31. The molecule has 0 aliphatic heterocycles. The van der Waals surface area contributed by atoms with Crippen molar-refractivity contribution in [2.75, 3.05) is 5.73 Å². The van der Waals surface area contributed by atoms with Crippen LogP contribution in [0.1, 0.15) is 11.5 Å². The Bertz CT molecular complexity index is 1010. The van der Waals surface area contributed by atoms with Gasteiger partial charge in [-0.15, -0.1) is 5.10 Å². The van der Waals surface area contributed by atoms with E-state index in [4.69, 9.17) is 28.9 Å². The lowest BCUT2D eigenvalue weighted by molar-refractivity contribution is -0.151. The second-order valence-corrected chi connectivity index (χ2v) is 5.83. The van der Waals surface area contributed by atoms with E-state index in [-0.39, 0.29) is 15.7 Å². The van der Waals surface area contributed by atoms with Gasteiger partial charge in [0.05, 0.1) is 16.1 Å². The fourth-order valence-corrected chi connectivity index (χ4v) is 2.67.